The van der Waals surface area contributed by atoms with Crippen molar-refractivity contribution in [3.8, 4) is 0 Å². The second-order valence-corrected chi connectivity index (χ2v) is 7.95. The van der Waals surface area contributed by atoms with Gasteiger partial charge in [0.2, 0.25) is 0 Å². The summed E-state index contributed by atoms with van der Waals surface area (Å²) in [5.41, 5.74) is 0. The highest BCUT2D eigenvalue weighted by molar-refractivity contribution is 5.72. The molecule has 0 aromatic rings. The van der Waals surface area contributed by atoms with Crippen LogP contribution in [-0.2, 0) is 4.79 Å². The smallest absolute Gasteiger partial charge is 0.363 e. The molecule has 0 aromatic carbocycles. The molecule has 29 heavy (non-hydrogen) atoms. The first-order valence-electron chi connectivity index (χ1n) is 11.4. The van der Waals surface area contributed by atoms with E-state index in [1.807, 2.05) is 6.92 Å². The average molecular weight is 415 g/mol. The van der Waals surface area contributed by atoms with Gasteiger partial charge in [-0.2, -0.15) is 0 Å². The van der Waals surface area contributed by atoms with Gasteiger partial charge in [-0.05, 0) is 19.3 Å². The number of rotatable bonds is 18. The molecule has 0 bridgehead atoms. The van der Waals surface area contributed by atoms with Crippen molar-refractivity contribution >= 4 is 5.97 Å². The molecule has 0 aliphatic heterocycles. The molecule has 1 unspecified atom stereocenters. The number of aliphatic hydroxyl groups excluding tert-OH is 3. The molecule has 0 amide bonds. The molecular formula is C23H44NO5+. The van der Waals surface area contributed by atoms with Gasteiger partial charge >= 0.3 is 5.97 Å². The Morgan fingerprint density at radius 2 is 1.28 bits per heavy atom. The number of carbonyl (C=O) groups is 1. The molecule has 4 N–H and O–H groups in total. The highest BCUT2D eigenvalue weighted by Crippen LogP contribution is 2.26. The van der Waals surface area contributed by atoms with Gasteiger partial charge in [-0.15, -0.1) is 0 Å². The number of hydrogen-bond acceptors (Lipinski definition) is 4. The quantitative estimate of drug-likeness (QED) is 0.129. The summed E-state index contributed by atoms with van der Waals surface area (Å²) in [5.74, 6) is -0.760. The summed E-state index contributed by atoms with van der Waals surface area (Å²) in [7, 11) is 0. The number of hydrogen-bond donors (Lipinski definition) is 4. The fourth-order valence-corrected chi connectivity index (χ4v) is 3.67. The topological polar surface area (TPSA) is 98.0 Å². The largest absolute Gasteiger partial charge is 0.507 e. The molecule has 0 aromatic heterocycles. The Kier molecular flexibility index (Phi) is 15.4. The lowest BCUT2D eigenvalue weighted by atomic mass is 10.1. The summed E-state index contributed by atoms with van der Waals surface area (Å²) in [6.45, 7) is 6.00. The monoisotopic (exact) mass is 414 g/mol. The fraction of sp³-hybridized carbons (Fsp3) is 0.783. The van der Waals surface area contributed by atoms with Crippen LogP contribution in [0.1, 0.15) is 97.8 Å². The van der Waals surface area contributed by atoms with Crippen molar-refractivity contribution in [2.45, 2.75) is 104 Å². The minimum atomic E-state index is -0.995. The Hall–Kier alpha value is -1.53. The average Bonchev–Trinajstić information content (AvgIpc) is 2.66. The number of nitrogens with zero attached hydrogens (tertiary/aromatic N) is 1. The zero-order valence-corrected chi connectivity index (χ0v) is 18.8. The molecule has 0 saturated carbocycles. The Bertz CT molecular complexity index is 473. The molecule has 0 heterocycles. The van der Waals surface area contributed by atoms with E-state index in [4.69, 9.17) is 0 Å². The molecule has 0 aliphatic carbocycles. The van der Waals surface area contributed by atoms with E-state index in [0.29, 0.717) is 25.7 Å². The van der Waals surface area contributed by atoms with Gasteiger partial charge in [0, 0.05) is 19.3 Å². The van der Waals surface area contributed by atoms with Crippen LogP contribution >= 0.6 is 0 Å². The predicted molar refractivity (Wildman–Crippen MR) is 117 cm³/mol. The van der Waals surface area contributed by atoms with Crippen LogP contribution in [-0.4, -0.2) is 50.1 Å². The summed E-state index contributed by atoms with van der Waals surface area (Å²) >= 11 is 0. The molecule has 0 fully saturated rings. The first kappa shape index (κ1) is 27.5. The first-order chi connectivity index (χ1) is 13.9. The maximum atomic E-state index is 12.1. The molecule has 0 aliphatic rings. The normalized spacial score (nSPS) is 15.9. The SMILES string of the molecule is CCCCCC/C(O)=C/[N+](/C=C(\O)CCCCCC)(CCO)C(CCC)C(=O)O. The van der Waals surface area contributed by atoms with Crippen LogP contribution in [0.25, 0.3) is 0 Å². The lowest BCUT2D eigenvalue weighted by molar-refractivity contribution is -0.848. The lowest BCUT2D eigenvalue weighted by Crippen LogP contribution is -2.53. The zero-order valence-electron chi connectivity index (χ0n) is 18.8. The van der Waals surface area contributed by atoms with E-state index in [9.17, 15) is 25.2 Å². The maximum absolute atomic E-state index is 12.1. The van der Waals surface area contributed by atoms with Gasteiger partial charge in [-0.3, -0.25) is 4.48 Å². The number of aliphatic hydroxyl groups is 3. The zero-order chi connectivity index (χ0) is 22.1. The van der Waals surface area contributed by atoms with Crippen molar-refractivity contribution < 1.29 is 29.7 Å². The third-order valence-electron chi connectivity index (χ3n) is 5.27. The van der Waals surface area contributed by atoms with Crippen LogP contribution in [0.4, 0.5) is 0 Å². The Labute approximate surface area is 177 Å². The summed E-state index contributed by atoms with van der Waals surface area (Å²) in [6.07, 6.45) is 13.1. The molecule has 0 saturated heterocycles. The van der Waals surface area contributed by atoms with E-state index >= 15 is 0 Å². The molecule has 6 heteroatoms. The second kappa shape index (κ2) is 16.3. The third-order valence-corrected chi connectivity index (χ3v) is 5.27. The van der Waals surface area contributed by atoms with Crippen LogP contribution in [0.15, 0.2) is 23.9 Å². The number of carboxylic acids is 1. The van der Waals surface area contributed by atoms with Gasteiger partial charge in [0.05, 0.1) is 6.61 Å². The van der Waals surface area contributed by atoms with Crippen LogP contribution in [0, 0.1) is 0 Å². The van der Waals surface area contributed by atoms with Crippen molar-refractivity contribution in [2.24, 2.45) is 0 Å². The summed E-state index contributed by atoms with van der Waals surface area (Å²) in [4.78, 5) is 12.1. The molecular weight excluding hydrogens is 370 g/mol. The van der Waals surface area contributed by atoms with Crippen molar-refractivity contribution in [2.75, 3.05) is 13.2 Å². The van der Waals surface area contributed by atoms with Crippen LogP contribution in [0.2, 0.25) is 0 Å². The summed E-state index contributed by atoms with van der Waals surface area (Å²) in [6, 6.07) is -0.872. The highest BCUT2D eigenvalue weighted by atomic mass is 16.4. The van der Waals surface area contributed by atoms with Crippen molar-refractivity contribution in [1.82, 2.24) is 0 Å². The van der Waals surface area contributed by atoms with Crippen LogP contribution in [0.3, 0.4) is 0 Å². The number of aliphatic carboxylic acids is 1. The second-order valence-electron chi connectivity index (χ2n) is 7.95. The molecule has 170 valence electrons. The summed E-state index contributed by atoms with van der Waals surface area (Å²) in [5, 5.41) is 40.6. The number of unbranched alkanes of at least 4 members (excludes halogenated alkanes) is 6. The van der Waals surface area contributed by atoms with E-state index < -0.39 is 12.0 Å². The van der Waals surface area contributed by atoms with Gasteiger partial charge < -0.3 is 20.4 Å². The fourth-order valence-electron chi connectivity index (χ4n) is 3.67. The van der Waals surface area contributed by atoms with Crippen LogP contribution in [0.5, 0.6) is 0 Å². The highest BCUT2D eigenvalue weighted by Gasteiger charge is 2.40. The van der Waals surface area contributed by atoms with Gasteiger partial charge in [-0.1, -0.05) is 59.3 Å². The van der Waals surface area contributed by atoms with Crippen molar-refractivity contribution in [3.05, 3.63) is 23.9 Å². The van der Waals surface area contributed by atoms with Gasteiger partial charge in [-0.25, -0.2) is 4.79 Å². The van der Waals surface area contributed by atoms with E-state index in [-0.39, 0.29) is 29.2 Å². The number of carboxylic acid groups (broad SMARTS) is 1. The molecule has 1 atom stereocenters. The predicted octanol–water partition coefficient (Wildman–Crippen LogP) is 5.79. The molecule has 0 rings (SSSR count). The lowest BCUT2D eigenvalue weighted by Gasteiger charge is -2.36. The number of quaternary nitrogens is 1. The summed E-state index contributed by atoms with van der Waals surface area (Å²) < 4.78 is -0.265. The van der Waals surface area contributed by atoms with E-state index in [0.717, 1.165) is 51.4 Å². The molecule has 0 spiro atoms. The number of allylic oxidation sites excluding steroid dienone is 2. The minimum Gasteiger partial charge on any atom is -0.507 e. The Morgan fingerprint density at radius 3 is 1.62 bits per heavy atom. The molecule has 6 nitrogen and oxygen atoms in total. The van der Waals surface area contributed by atoms with Crippen LogP contribution < -0.4 is 0 Å². The maximum Gasteiger partial charge on any atom is 0.363 e. The van der Waals surface area contributed by atoms with E-state index in [1.54, 1.807) is 0 Å². The first-order valence-corrected chi connectivity index (χ1v) is 11.4. The van der Waals surface area contributed by atoms with E-state index in [1.165, 1.54) is 12.4 Å². The van der Waals surface area contributed by atoms with Gasteiger partial charge in [0.15, 0.2) is 6.04 Å². The van der Waals surface area contributed by atoms with Gasteiger partial charge in [0.25, 0.3) is 0 Å². The molecule has 0 radical (unpaired) electrons. The van der Waals surface area contributed by atoms with Crippen molar-refractivity contribution in [1.29, 1.82) is 0 Å². The minimum absolute atomic E-state index is 0.0923. The third kappa shape index (κ3) is 11.3. The van der Waals surface area contributed by atoms with Gasteiger partial charge in [0.1, 0.15) is 30.5 Å². The standard InChI is InChI=1S/C23H43NO5/c1-4-7-9-11-14-20(26)18-24(16-17-25,22(13-6-3)23(28)29)19-21(27)15-12-10-8-5-2/h18-19,22,25H,4-17H2,1-3H3,(H2-,26,27,28,29)/p+1/b20-18-,21-19-. The Morgan fingerprint density at radius 1 is 0.793 bits per heavy atom. The van der Waals surface area contributed by atoms with E-state index in [2.05, 4.69) is 13.8 Å². The van der Waals surface area contributed by atoms with Crippen molar-refractivity contribution in [3.63, 3.8) is 0 Å². The Balaban J connectivity index is 5.78.